The first-order valence-corrected chi connectivity index (χ1v) is 14.2. The van der Waals surface area contributed by atoms with E-state index in [1.807, 2.05) is 26.0 Å². The maximum atomic E-state index is 15.0. The minimum absolute atomic E-state index is 0.122. The molecule has 0 saturated carbocycles. The van der Waals surface area contributed by atoms with Gasteiger partial charge in [0.25, 0.3) is 5.92 Å². The van der Waals surface area contributed by atoms with Gasteiger partial charge in [-0.1, -0.05) is 24.8 Å². The van der Waals surface area contributed by atoms with Crippen LogP contribution in [0.3, 0.4) is 0 Å². The molecule has 1 amide bonds. The van der Waals surface area contributed by atoms with Gasteiger partial charge in [0.1, 0.15) is 17.4 Å². The van der Waals surface area contributed by atoms with E-state index in [1.165, 1.54) is 25.5 Å². The van der Waals surface area contributed by atoms with Crippen LogP contribution in [0.15, 0.2) is 55.3 Å². The number of aromatic nitrogens is 2. The number of benzene rings is 2. The Bertz CT molecular complexity index is 1560. The zero-order valence-corrected chi connectivity index (χ0v) is 25.6. The van der Waals surface area contributed by atoms with Crippen molar-refractivity contribution in [3.05, 3.63) is 72.2 Å². The Morgan fingerprint density at radius 3 is 2.57 bits per heavy atom. The maximum absolute atomic E-state index is 15.0. The minimum atomic E-state index is -2.77. The Morgan fingerprint density at radius 1 is 1.14 bits per heavy atom. The number of allylic oxidation sites excluding steroid dienone is 2. The Balaban J connectivity index is 1.75. The van der Waals surface area contributed by atoms with Gasteiger partial charge in [0.15, 0.2) is 0 Å². The number of carbonyl (C=O) groups excluding carboxylic acids is 1. The lowest BCUT2D eigenvalue weighted by molar-refractivity contribution is -0.111. The van der Waals surface area contributed by atoms with E-state index in [-0.39, 0.29) is 36.2 Å². The number of ether oxygens (including phenoxy) is 1. The van der Waals surface area contributed by atoms with Gasteiger partial charge in [-0.2, -0.15) is 4.98 Å². The van der Waals surface area contributed by atoms with Gasteiger partial charge in [0.05, 0.1) is 29.9 Å². The Labute approximate surface area is 255 Å². The van der Waals surface area contributed by atoms with Crippen molar-refractivity contribution in [3.63, 3.8) is 0 Å². The highest BCUT2D eigenvalue weighted by Gasteiger charge is 2.32. The van der Waals surface area contributed by atoms with Crippen LogP contribution in [0.4, 0.5) is 47.7 Å². The topological polar surface area (TPSA) is 94.6 Å². The minimum Gasteiger partial charge on any atom is -0.494 e. The smallest absolute Gasteiger partial charge is 0.251 e. The third-order valence-electron chi connectivity index (χ3n) is 7.29. The van der Waals surface area contributed by atoms with Crippen LogP contribution in [-0.4, -0.2) is 68.0 Å². The molecule has 0 aliphatic heterocycles. The number of carbonyl (C=O) groups is 1. The van der Waals surface area contributed by atoms with E-state index < -0.39 is 18.2 Å². The highest BCUT2D eigenvalue weighted by atomic mass is 19.3. The highest BCUT2D eigenvalue weighted by Crippen LogP contribution is 2.40. The Kier molecular flexibility index (Phi) is 10.1. The molecule has 1 aliphatic carbocycles. The normalized spacial score (nSPS) is 14.1. The second-order valence-corrected chi connectivity index (χ2v) is 10.9. The van der Waals surface area contributed by atoms with Crippen molar-refractivity contribution in [1.82, 2.24) is 14.9 Å². The average Bonchev–Trinajstić information content (AvgIpc) is 2.98. The molecule has 0 unspecified atom stereocenters. The fourth-order valence-corrected chi connectivity index (χ4v) is 4.71. The molecule has 0 atom stereocenters. The summed E-state index contributed by atoms with van der Waals surface area (Å²) in [6.45, 7) is 6.66. The summed E-state index contributed by atoms with van der Waals surface area (Å²) in [5, 5.41) is 9.03. The quantitative estimate of drug-likeness (QED) is 0.194. The molecule has 0 spiro atoms. The largest absolute Gasteiger partial charge is 0.494 e. The van der Waals surface area contributed by atoms with Crippen LogP contribution in [-0.2, 0) is 4.79 Å². The number of nitrogens with one attached hydrogen (secondary N) is 3. The van der Waals surface area contributed by atoms with Crippen molar-refractivity contribution < 1.29 is 22.7 Å². The molecule has 1 heterocycles. The molecule has 1 aromatic heterocycles. The van der Waals surface area contributed by atoms with E-state index in [2.05, 4.69) is 37.4 Å². The summed E-state index contributed by atoms with van der Waals surface area (Å²) in [4.78, 5) is 25.5. The molecular formula is C32H38F3N7O2. The van der Waals surface area contributed by atoms with Gasteiger partial charge >= 0.3 is 0 Å². The van der Waals surface area contributed by atoms with Gasteiger partial charge in [0, 0.05) is 50.8 Å². The lowest BCUT2D eigenvalue weighted by Gasteiger charge is -2.26. The van der Waals surface area contributed by atoms with E-state index in [0.717, 1.165) is 12.2 Å². The number of likely N-dealkylation sites (N-methyl/N-ethyl adjacent to an activating group) is 2. The molecule has 3 aromatic rings. The SMILES string of the molecule is C=CC(=O)Nc1cc(Nc2ncc(C3=CCC(F)(F)CC3)c(Nc3cccc(C)c3F)n2)c(OC)cc1N(C)CCN(C)C. The molecule has 44 heavy (non-hydrogen) atoms. The van der Waals surface area contributed by atoms with E-state index in [1.54, 1.807) is 37.3 Å². The Morgan fingerprint density at radius 2 is 1.91 bits per heavy atom. The van der Waals surface area contributed by atoms with Crippen LogP contribution in [0.1, 0.15) is 30.4 Å². The standard InChI is InChI=1S/C32H38F3N7O2/c1-7-28(43)37-24-17-25(27(44-6)18-26(24)42(5)16-15-41(3)4)39-31-36-19-22(21-11-13-32(34,35)14-12-21)30(40-31)38-23-10-8-9-20(2)29(23)33/h7-11,17-19H,1,12-16H2,2-6H3,(H,37,43)(H2,36,38,39,40). The first kappa shape index (κ1) is 32.3. The van der Waals surface area contributed by atoms with Gasteiger partial charge < -0.3 is 30.5 Å². The molecule has 0 fully saturated rings. The summed E-state index contributed by atoms with van der Waals surface area (Å²) >= 11 is 0. The first-order valence-electron chi connectivity index (χ1n) is 14.2. The number of hydrogen-bond donors (Lipinski definition) is 3. The van der Waals surface area contributed by atoms with Crippen molar-refractivity contribution >= 4 is 46.0 Å². The summed E-state index contributed by atoms with van der Waals surface area (Å²) in [6.07, 6.45) is 3.61. The molecule has 0 radical (unpaired) electrons. The van der Waals surface area contributed by atoms with Crippen LogP contribution in [0.2, 0.25) is 0 Å². The van der Waals surface area contributed by atoms with Crippen LogP contribution < -0.4 is 25.6 Å². The Hall–Kier alpha value is -4.58. The van der Waals surface area contributed by atoms with E-state index in [9.17, 15) is 18.0 Å². The number of alkyl halides is 2. The molecule has 3 N–H and O–H groups in total. The zero-order valence-electron chi connectivity index (χ0n) is 25.6. The molecule has 0 bridgehead atoms. The summed E-state index contributed by atoms with van der Waals surface area (Å²) in [5.74, 6) is -2.76. The predicted molar refractivity (Wildman–Crippen MR) is 170 cm³/mol. The van der Waals surface area contributed by atoms with Crippen LogP contribution >= 0.6 is 0 Å². The van der Waals surface area contributed by atoms with Gasteiger partial charge in [-0.15, -0.1) is 0 Å². The number of amides is 1. The number of methoxy groups -OCH3 is 1. The van der Waals surface area contributed by atoms with Crippen molar-refractivity contribution in [1.29, 1.82) is 0 Å². The fourth-order valence-electron chi connectivity index (χ4n) is 4.71. The maximum Gasteiger partial charge on any atom is 0.251 e. The van der Waals surface area contributed by atoms with Crippen LogP contribution in [0.25, 0.3) is 5.57 Å². The predicted octanol–water partition coefficient (Wildman–Crippen LogP) is 6.74. The van der Waals surface area contributed by atoms with Gasteiger partial charge in [-0.05, 0) is 56.8 Å². The number of halogens is 3. The molecule has 1 aliphatic rings. The van der Waals surface area contributed by atoms with E-state index >= 15 is 0 Å². The molecule has 12 heteroatoms. The fraction of sp³-hybridized carbons (Fsp3) is 0.344. The van der Waals surface area contributed by atoms with Gasteiger partial charge in [-0.25, -0.2) is 18.2 Å². The monoisotopic (exact) mass is 609 g/mol. The van der Waals surface area contributed by atoms with E-state index in [4.69, 9.17) is 4.74 Å². The summed E-state index contributed by atoms with van der Waals surface area (Å²) in [5.41, 5.74) is 3.45. The molecule has 234 valence electrons. The van der Waals surface area contributed by atoms with Crippen molar-refractivity contribution in [2.24, 2.45) is 0 Å². The molecule has 9 nitrogen and oxygen atoms in total. The van der Waals surface area contributed by atoms with Crippen LogP contribution in [0.5, 0.6) is 5.75 Å². The molecule has 4 rings (SSSR count). The van der Waals surface area contributed by atoms with Gasteiger partial charge in [-0.3, -0.25) is 4.79 Å². The molecular weight excluding hydrogens is 571 g/mol. The van der Waals surface area contributed by atoms with Crippen molar-refractivity contribution in [3.8, 4) is 5.75 Å². The number of nitrogens with zero attached hydrogens (tertiary/aromatic N) is 4. The number of aryl methyl sites for hydroxylation is 1. The highest BCUT2D eigenvalue weighted by molar-refractivity contribution is 6.02. The molecule has 2 aromatic carbocycles. The van der Waals surface area contributed by atoms with Gasteiger partial charge in [0.2, 0.25) is 11.9 Å². The van der Waals surface area contributed by atoms with Crippen molar-refractivity contribution in [2.45, 2.75) is 32.1 Å². The lowest BCUT2D eigenvalue weighted by Crippen LogP contribution is -2.29. The summed E-state index contributed by atoms with van der Waals surface area (Å²) < 4.78 is 48.5. The third kappa shape index (κ3) is 7.87. The zero-order chi connectivity index (χ0) is 32.0. The number of rotatable bonds is 12. The first-order chi connectivity index (χ1) is 20.9. The summed E-state index contributed by atoms with van der Waals surface area (Å²) in [6, 6.07) is 8.43. The summed E-state index contributed by atoms with van der Waals surface area (Å²) in [7, 11) is 7.39. The number of hydrogen-bond acceptors (Lipinski definition) is 8. The third-order valence-corrected chi connectivity index (χ3v) is 7.29. The second-order valence-electron chi connectivity index (χ2n) is 10.9. The van der Waals surface area contributed by atoms with E-state index in [0.29, 0.717) is 40.4 Å². The lowest BCUT2D eigenvalue weighted by atomic mass is 9.92. The average molecular weight is 610 g/mol. The number of anilines is 6. The molecule has 0 saturated heterocycles. The van der Waals surface area contributed by atoms with Crippen molar-refractivity contribution in [2.75, 3.05) is 62.2 Å². The second kappa shape index (κ2) is 13.8. The van der Waals surface area contributed by atoms with Crippen LogP contribution in [0, 0.1) is 12.7 Å².